The second kappa shape index (κ2) is 5.93. The first-order valence-electron chi connectivity index (χ1n) is 3.61. The number of rotatable bonds is 2. The molecule has 1 N–H and O–H groups in total. The van der Waals surface area contributed by atoms with E-state index in [9.17, 15) is 20.0 Å². The molecule has 0 bridgehead atoms. The second-order valence-electron chi connectivity index (χ2n) is 2.64. The van der Waals surface area contributed by atoms with Crippen LogP contribution in [0, 0.1) is 10.1 Å². The van der Waals surface area contributed by atoms with Crippen LogP contribution in [0.5, 0.6) is 5.75 Å². The van der Waals surface area contributed by atoms with Gasteiger partial charge in [0.15, 0.2) is 5.78 Å². The van der Waals surface area contributed by atoms with Gasteiger partial charge in [-0.1, -0.05) is 11.6 Å². The first-order chi connectivity index (χ1) is 6.43. The number of nitro groups is 1. The molecule has 0 saturated heterocycles. The summed E-state index contributed by atoms with van der Waals surface area (Å²) in [5, 5.41) is 19.4. The van der Waals surface area contributed by atoms with Gasteiger partial charge in [0, 0.05) is 63.0 Å². The van der Waals surface area contributed by atoms with E-state index >= 15 is 0 Å². The van der Waals surface area contributed by atoms with Gasteiger partial charge in [-0.15, -0.1) is 0 Å². The number of hydrogen-bond donors (Lipinski definition) is 1. The predicted octanol–water partition coefficient (Wildman–Crippen LogP) is 1.78. The van der Waals surface area contributed by atoms with E-state index in [0.29, 0.717) is 0 Å². The molecule has 1 radical (unpaired) electrons. The van der Waals surface area contributed by atoms with E-state index in [1.807, 2.05) is 0 Å². The Morgan fingerprint density at radius 1 is 1.53 bits per heavy atom. The predicted molar refractivity (Wildman–Crippen MR) is 55.5 cm³/mol. The van der Waals surface area contributed by atoms with Gasteiger partial charge in [-0.3, -0.25) is 14.9 Å². The Bertz CT molecular complexity index is 421. The summed E-state index contributed by atoms with van der Waals surface area (Å²) in [4.78, 5) is 20.5. The van der Waals surface area contributed by atoms with Gasteiger partial charge in [0.05, 0.1) is 9.95 Å². The number of aromatic hydroxyl groups is 1. The largest absolute Gasteiger partial charge is 0.501 e. The average molecular weight is 255 g/mol. The molecule has 1 aromatic carbocycles. The van der Waals surface area contributed by atoms with E-state index in [2.05, 4.69) is 0 Å². The smallest absolute Gasteiger partial charge is 0.313 e. The van der Waals surface area contributed by atoms with Crippen molar-refractivity contribution in [3.05, 3.63) is 32.8 Å². The Morgan fingerprint density at radius 3 is 2.47 bits per heavy atom. The second-order valence-corrected chi connectivity index (χ2v) is 3.05. The minimum absolute atomic E-state index is 0. The fourth-order valence-electron chi connectivity index (χ4n) is 0.927. The maximum absolute atomic E-state index is 10.9. The normalized spacial score (nSPS) is 9.20. The van der Waals surface area contributed by atoms with Gasteiger partial charge in [0.25, 0.3) is 0 Å². The van der Waals surface area contributed by atoms with E-state index in [0.717, 1.165) is 6.07 Å². The summed E-state index contributed by atoms with van der Waals surface area (Å²) in [6.07, 6.45) is 0. The molecule has 75 valence electrons. The molecule has 15 heavy (non-hydrogen) atoms. The first-order valence-corrected chi connectivity index (χ1v) is 3.99. The van der Waals surface area contributed by atoms with Gasteiger partial charge in [0.2, 0.25) is 5.75 Å². The van der Waals surface area contributed by atoms with Crippen molar-refractivity contribution in [2.75, 3.05) is 0 Å². The molecule has 0 aliphatic rings. The molecule has 0 heterocycles. The van der Waals surface area contributed by atoms with Crippen molar-refractivity contribution in [1.29, 1.82) is 0 Å². The Kier molecular flexibility index (Phi) is 5.93. The van der Waals surface area contributed by atoms with Gasteiger partial charge in [0.1, 0.15) is 0 Å². The summed E-state index contributed by atoms with van der Waals surface area (Å²) >= 11 is 5.50. The maximum Gasteiger partial charge on any atom is 0.313 e. The standard InChI is InChI=1S/C8H6ClNO4.K/c1-4(11)5-2-6(9)8(12)7(3-5)10(13)14;/h2-3,12H,1H3;. The van der Waals surface area contributed by atoms with Crippen LogP contribution in [0.2, 0.25) is 5.02 Å². The Labute approximate surface area is 133 Å². The fraction of sp³-hybridized carbons (Fsp3) is 0.125. The Hall–Kier alpha value is 0.0164. The monoisotopic (exact) mass is 254 g/mol. The number of Topliss-reactive ketones (excluding diaryl/α,β-unsaturated/α-hetero) is 1. The summed E-state index contributed by atoms with van der Waals surface area (Å²) < 4.78 is 0. The van der Waals surface area contributed by atoms with Gasteiger partial charge in [-0.25, -0.2) is 0 Å². The Balaban J connectivity index is 0.00000196. The summed E-state index contributed by atoms with van der Waals surface area (Å²) in [5.74, 6) is -0.975. The number of phenols is 1. The van der Waals surface area contributed by atoms with E-state index in [1.165, 1.54) is 13.0 Å². The molecule has 5 nitrogen and oxygen atoms in total. The van der Waals surface area contributed by atoms with Crippen molar-refractivity contribution >= 4 is 74.5 Å². The molecule has 0 unspecified atom stereocenters. The maximum atomic E-state index is 10.9. The summed E-state index contributed by atoms with van der Waals surface area (Å²) in [5.41, 5.74) is -0.470. The zero-order valence-electron chi connectivity index (χ0n) is 8.15. The summed E-state index contributed by atoms with van der Waals surface area (Å²) in [6.45, 7) is 1.26. The zero-order valence-corrected chi connectivity index (χ0v) is 12.0. The SMILES string of the molecule is CC(=O)c1cc(Cl)c(O)c([N+](=O)[O-])c1.[K]. The fourth-order valence-corrected chi connectivity index (χ4v) is 1.14. The van der Waals surface area contributed by atoms with Crippen molar-refractivity contribution < 1.29 is 14.8 Å². The number of halogens is 1. The quantitative estimate of drug-likeness (QED) is 0.378. The summed E-state index contributed by atoms with van der Waals surface area (Å²) in [7, 11) is 0. The van der Waals surface area contributed by atoms with Crippen LogP contribution >= 0.6 is 11.6 Å². The van der Waals surface area contributed by atoms with E-state index in [1.54, 1.807) is 0 Å². The molecule has 0 spiro atoms. The minimum atomic E-state index is -0.798. The van der Waals surface area contributed by atoms with Crippen LogP contribution in [0.15, 0.2) is 12.1 Å². The molecule has 0 fully saturated rings. The molecular formula is C8H6ClKNO4. The number of carbonyl (C=O) groups excluding carboxylic acids is 1. The number of nitrogens with zero attached hydrogens (tertiary/aromatic N) is 1. The van der Waals surface area contributed by atoms with Crippen molar-refractivity contribution in [2.24, 2.45) is 0 Å². The number of benzene rings is 1. The van der Waals surface area contributed by atoms with Crippen LogP contribution < -0.4 is 0 Å². The van der Waals surface area contributed by atoms with Crippen LogP contribution in [0.25, 0.3) is 0 Å². The van der Waals surface area contributed by atoms with E-state index in [-0.39, 0.29) is 67.8 Å². The van der Waals surface area contributed by atoms with Crippen LogP contribution in [0.4, 0.5) is 5.69 Å². The topological polar surface area (TPSA) is 80.4 Å². The number of carbonyl (C=O) groups is 1. The molecular weight excluding hydrogens is 249 g/mol. The molecule has 0 amide bonds. The Morgan fingerprint density at radius 2 is 2.07 bits per heavy atom. The number of hydrogen-bond acceptors (Lipinski definition) is 4. The van der Waals surface area contributed by atoms with Gasteiger partial charge < -0.3 is 5.11 Å². The van der Waals surface area contributed by atoms with Gasteiger partial charge in [-0.2, -0.15) is 0 Å². The molecule has 1 aromatic rings. The van der Waals surface area contributed by atoms with Gasteiger partial charge >= 0.3 is 5.69 Å². The first kappa shape index (κ1) is 15.0. The van der Waals surface area contributed by atoms with Crippen molar-refractivity contribution in [1.82, 2.24) is 0 Å². The van der Waals surface area contributed by atoms with Crippen molar-refractivity contribution in [2.45, 2.75) is 6.92 Å². The van der Waals surface area contributed by atoms with Crippen LogP contribution in [0.3, 0.4) is 0 Å². The van der Waals surface area contributed by atoms with E-state index < -0.39 is 16.4 Å². The number of nitro benzene ring substituents is 1. The van der Waals surface area contributed by atoms with Crippen molar-refractivity contribution in [3.63, 3.8) is 0 Å². The third kappa shape index (κ3) is 3.51. The molecule has 0 aliphatic heterocycles. The average Bonchev–Trinajstić information content (AvgIpc) is 2.08. The van der Waals surface area contributed by atoms with Crippen LogP contribution in [-0.4, -0.2) is 67.2 Å². The molecule has 0 saturated carbocycles. The van der Waals surface area contributed by atoms with Crippen molar-refractivity contribution in [3.8, 4) is 5.75 Å². The van der Waals surface area contributed by atoms with E-state index in [4.69, 9.17) is 11.6 Å². The minimum Gasteiger partial charge on any atom is -0.501 e. The van der Waals surface area contributed by atoms with Crippen LogP contribution in [0.1, 0.15) is 17.3 Å². The molecule has 7 heteroatoms. The summed E-state index contributed by atoms with van der Waals surface area (Å²) in [6, 6.07) is 2.18. The van der Waals surface area contributed by atoms with Crippen LogP contribution in [-0.2, 0) is 0 Å². The number of ketones is 1. The molecule has 0 aromatic heterocycles. The molecule has 1 rings (SSSR count). The molecule has 0 aliphatic carbocycles. The number of phenolic OH excluding ortho intramolecular Hbond substituents is 1. The molecule has 0 atom stereocenters. The zero-order chi connectivity index (χ0) is 10.9. The van der Waals surface area contributed by atoms with Gasteiger partial charge in [-0.05, 0) is 13.0 Å². The third-order valence-electron chi connectivity index (χ3n) is 1.65. The third-order valence-corrected chi connectivity index (χ3v) is 1.93.